The van der Waals surface area contributed by atoms with Crippen molar-refractivity contribution in [3.05, 3.63) is 34.3 Å². The van der Waals surface area contributed by atoms with Crippen molar-refractivity contribution in [2.24, 2.45) is 15.7 Å². The van der Waals surface area contributed by atoms with Gasteiger partial charge < -0.3 is 15.7 Å². The van der Waals surface area contributed by atoms with Gasteiger partial charge in [-0.2, -0.15) is 4.99 Å². The number of rotatable bonds is 7. The fraction of sp³-hybridized carbons (Fsp3) is 0.619. The molecule has 28 heavy (non-hydrogen) atoms. The van der Waals surface area contributed by atoms with Gasteiger partial charge in [0.05, 0.1) is 5.60 Å². The van der Waals surface area contributed by atoms with Gasteiger partial charge in [0.25, 0.3) is 0 Å². The van der Waals surface area contributed by atoms with E-state index in [0.717, 1.165) is 62.2 Å². The fourth-order valence-corrected chi connectivity index (χ4v) is 4.14. The normalized spacial score (nSPS) is 21.0. The molecule has 1 aromatic carbocycles. The van der Waals surface area contributed by atoms with Crippen LogP contribution in [-0.2, 0) is 6.42 Å². The van der Waals surface area contributed by atoms with Crippen molar-refractivity contribution in [3.63, 3.8) is 0 Å². The number of hydrogen-bond acceptors (Lipinski definition) is 6. The SMILES string of the molecule is CC(C)(O)CCC1CN(C2=NC(N)=NC2)CCN1CCCc1ccc(Br)cc1. The quantitative estimate of drug-likeness (QED) is 0.670. The van der Waals surface area contributed by atoms with Crippen molar-refractivity contribution in [1.82, 2.24) is 9.80 Å². The van der Waals surface area contributed by atoms with Gasteiger partial charge in [-0.3, -0.25) is 4.90 Å². The van der Waals surface area contributed by atoms with E-state index in [2.05, 4.69) is 60.0 Å². The minimum atomic E-state index is -0.635. The number of halogens is 1. The van der Waals surface area contributed by atoms with Crippen LogP contribution in [0.1, 0.15) is 38.7 Å². The van der Waals surface area contributed by atoms with Crippen LogP contribution >= 0.6 is 15.9 Å². The fourth-order valence-electron chi connectivity index (χ4n) is 3.88. The highest BCUT2D eigenvalue weighted by atomic mass is 79.9. The number of hydrogen-bond donors (Lipinski definition) is 2. The molecular formula is C21H32BrN5O. The molecule has 1 atom stereocenters. The molecule has 1 saturated heterocycles. The van der Waals surface area contributed by atoms with E-state index in [1.54, 1.807) is 0 Å². The molecule has 1 aromatic rings. The molecule has 6 nitrogen and oxygen atoms in total. The molecule has 2 aliphatic rings. The Morgan fingerprint density at radius 3 is 2.64 bits per heavy atom. The van der Waals surface area contributed by atoms with E-state index >= 15 is 0 Å². The summed E-state index contributed by atoms with van der Waals surface area (Å²) in [7, 11) is 0. The van der Waals surface area contributed by atoms with E-state index < -0.39 is 5.60 Å². The summed E-state index contributed by atoms with van der Waals surface area (Å²) in [6.07, 6.45) is 3.99. The number of amidine groups is 1. The Labute approximate surface area is 176 Å². The predicted molar refractivity (Wildman–Crippen MR) is 119 cm³/mol. The topological polar surface area (TPSA) is 77.4 Å². The van der Waals surface area contributed by atoms with E-state index in [1.807, 2.05) is 13.8 Å². The van der Waals surface area contributed by atoms with Crippen LogP contribution in [0.5, 0.6) is 0 Å². The summed E-state index contributed by atoms with van der Waals surface area (Å²) >= 11 is 3.50. The Morgan fingerprint density at radius 1 is 1.25 bits per heavy atom. The zero-order chi connectivity index (χ0) is 20.1. The number of benzene rings is 1. The number of guanidine groups is 1. The first-order valence-electron chi connectivity index (χ1n) is 10.1. The molecule has 7 heteroatoms. The average molecular weight is 450 g/mol. The Kier molecular flexibility index (Phi) is 7.12. The van der Waals surface area contributed by atoms with Gasteiger partial charge in [-0.05, 0) is 63.8 Å². The summed E-state index contributed by atoms with van der Waals surface area (Å²) in [6.45, 7) is 8.34. The Morgan fingerprint density at radius 2 is 2.00 bits per heavy atom. The summed E-state index contributed by atoms with van der Waals surface area (Å²) in [5, 5.41) is 10.2. The number of nitrogens with zero attached hydrogens (tertiary/aromatic N) is 4. The molecule has 0 spiro atoms. The maximum absolute atomic E-state index is 10.2. The van der Waals surface area contributed by atoms with Gasteiger partial charge in [0.1, 0.15) is 12.4 Å². The summed E-state index contributed by atoms with van der Waals surface area (Å²) in [5.74, 6) is 1.38. The number of aryl methyl sites for hydroxylation is 1. The van der Waals surface area contributed by atoms with Crippen LogP contribution in [0.25, 0.3) is 0 Å². The second kappa shape index (κ2) is 9.37. The highest BCUT2D eigenvalue weighted by Crippen LogP contribution is 2.21. The van der Waals surface area contributed by atoms with Crippen LogP contribution in [0.4, 0.5) is 0 Å². The highest BCUT2D eigenvalue weighted by Gasteiger charge is 2.30. The molecule has 2 aliphatic heterocycles. The van der Waals surface area contributed by atoms with E-state index in [1.165, 1.54) is 5.56 Å². The molecule has 2 heterocycles. The maximum atomic E-state index is 10.2. The van der Waals surface area contributed by atoms with Crippen LogP contribution in [0.15, 0.2) is 38.7 Å². The van der Waals surface area contributed by atoms with E-state index in [9.17, 15) is 5.11 Å². The van der Waals surface area contributed by atoms with E-state index in [0.29, 0.717) is 18.5 Å². The predicted octanol–water partition coefficient (Wildman–Crippen LogP) is 2.65. The third kappa shape index (κ3) is 6.29. The number of aliphatic hydroxyl groups is 1. The standard InChI is InChI=1S/C21H32BrN5O/c1-21(2,28)10-9-18-15-27(19-14-24-20(23)25-19)13-12-26(18)11-3-4-16-5-7-17(22)8-6-16/h5-8,18,28H,3-4,9-15H2,1-2H3,(H2,23,24). The van der Waals surface area contributed by atoms with Gasteiger partial charge in [0.2, 0.25) is 5.96 Å². The van der Waals surface area contributed by atoms with Gasteiger partial charge in [-0.25, -0.2) is 4.99 Å². The van der Waals surface area contributed by atoms with Crippen LogP contribution in [0.3, 0.4) is 0 Å². The minimum Gasteiger partial charge on any atom is -0.390 e. The first-order valence-corrected chi connectivity index (χ1v) is 10.9. The molecule has 0 radical (unpaired) electrons. The molecule has 1 fully saturated rings. The molecule has 3 rings (SSSR count). The average Bonchev–Trinajstić information content (AvgIpc) is 3.08. The zero-order valence-corrected chi connectivity index (χ0v) is 18.5. The lowest BCUT2D eigenvalue weighted by atomic mass is 9.96. The largest absolute Gasteiger partial charge is 0.390 e. The number of piperazine rings is 1. The Balaban J connectivity index is 1.56. The molecule has 0 saturated carbocycles. The first-order chi connectivity index (χ1) is 13.3. The van der Waals surface area contributed by atoms with Gasteiger partial charge in [-0.1, -0.05) is 28.1 Å². The lowest BCUT2D eigenvalue weighted by molar-refractivity contribution is 0.0430. The Hall–Kier alpha value is -1.44. The summed E-state index contributed by atoms with van der Waals surface area (Å²) in [5.41, 5.74) is 6.47. The van der Waals surface area contributed by atoms with Crippen molar-refractivity contribution >= 4 is 27.7 Å². The van der Waals surface area contributed by atoms with Gasteiger partial charge in [0, 0.05) is 30.1 Å². The lowest BCUT2D eigenvalue weighted by Crippen LogP contribution is -2.55. The summed E-state index contributed by atoms with van der Waals surface area (Å²) in [4.78, 5) is 13.5. The molecule has 0 aromatic heterocycles. The van der Waals surface area contributed by atoms with Crippen molar-refractivity contribution < 1.29 is 5.11 Å². The monoisotopic (exact) mass is 449 g/mol. The second-order valence-corrected chi connectivity index (χ2v) is 9.34. The van der Waals surface area contributed by atoms with E-state index in [4.69, 9.17) is 5.73 Å². The highest BCUT2D eigenvalue weighted by molar-refractivity contribution is 9.10. The molecule has 3 N–H and O–H groups in total. The van der Waals surface area contributed by atoms with Crippen LogP contribution in [0, 0.1) is 0 Å². The molecule has 1 unspecified atom stereocenters. The third-order valence-electron chi connectivity index (χ3n) is 5.51. The van der Waals surface area contributed by atoms with Crippen LogP contribution < -0.4 is 5.73 Å². The van der Waals surface area contributed by atoms with Crippen LogP contribution in [-0.4, -0.2) is 71.1 Å². The van der Waals surface area contributed by atoms with Gasteiger partial charge >= 0.3 is 0 Å². The molecular weight excluding hydrogens is 418 g/mol. The maximum Gasteiger partial charge on any atom is 0.217 e. The molecule has 0 amide bonds. The number of nitrogens with two attached hydrogens (primary N) is 1. The summed E-state index contributed by atoms with van der Waals surface area (Å²) in [6, 6.07) is 9.01. The Bertz CT molecular complexity index is 711. The zero-order valence-electron chi connectivity index (χ0n) is 16.9. The van der Waals surface area contributed by atoms with Gasteiger partial charge in [0.15, 0.2) is 0 Å². The molecule has 0 aliphatic carbocycles. The smallest absolute Gasteiger partial charge is 0.217 e. The second-order valence-electron chi connectivity index (χ2n) is 8.42. The molecule has 0 bridgehead atoms. The van der Waals surface area contributed by atoms with Crippen molar-refractivity contribution in [2.75, 3.05) is 32.7 Å². The van der Waals surface area contributed by atoms with E-state index in [-0.39, 0.29) is 0 Å². The van der Waals surface area contributed by atoms with Crippen molar-refractivity contribution in [3.8, 4) is 0 Å². The van der Waals surface area contributed by atoms with Crippen molar-refractivity contribution in [1.29, 1.82) is 0 Å². The molecule has 154 valence electrons. The third-order valence-corrected chi connectivity index (χ3v) is 6.04. The lowest BCUT2D eigenvalue weighted by Gasteiger charge is -2.43. The first kappa shape index (κ1) is 21.3. The van der Waals surface area contributed by atoms with Gasteiger partial charge in [-0.15, -0.1) is 0 Å². The minimum absolute atomic E-state index is 0.389. The van der Waals surface area contributed by atoms with Crippen LogP contribution in [0.2, 0.25) is 0 Å². The summed E-state index contributed by atoms with van der Waals surface area (Å²) < 4.78 is 1.12. The van der Waals surface area contributed by atoms with Crippen molar-refractivity contribution in [2.45, 2.75) is 51.2 Å². The number of aliphatic imine (C=N–C) groups is 2.